The van der Waals surface area contributed by atoms with Gasteiger partial charge in [-0.3, -0.25) is 9.89 Å². The number of hydrogen-bond donors (Lipinski definition) is 2. The lowest BCUT2D eigenvalue weighted by Crippen LogP contribution is -2.54. The minimum absolute atomic E-state index is 0.353. The van der Waals surface area contributed by atoms with Gasteiger partial charge >= 0.3 is 0 Å². The van der Waals surface area contributed by atoms with Gasteiger partial charge in [0.25, 0.3) is 0 Å². The van der Waals surface area contributed by atoms with E-state index in [2.05, 4.69) is 25.0 Å². The van der Waals surface area contributed by atoms with E-state index >= 15 is 0 Å². The summed E-state index contributed by atoms with van der Waals surface area (Å²) in [6.45, 7) is 7.42. The molecule has 0 spiro atoms. The minimum Gasteiger partial charge on any atom is -0.506 e. The van der Waals surface area contributed by atoms with Gasteiger partial charge in [-0.1, -0.05) is 12.1 Å². The third-order valence-corrected chi connectivity index (χ3v) is 5.59. The van der Waals surface area contributed by atoms with Crippen molar-refractivity contribution in [3.8, 4) is 5.75 Å². The van der Waals surface area contributed by atoms with Gasteiger partial charge in [-0.15, -0.1) is 0 Å². The minimum atomic E-state index is 0.353. The zero-order valence-corrected chi connectivity index (χ0v) is 16.6. The standard InChI is InChI=1S/C20H33N5O2/c1-21-20(22-16-17-6-5-9-23(17)14-15-27-2)25-12-10-24(11-13-25)18-7-3-4-8-19(18)26/h3-4,7-8,17,26H,5-6,9-16H2,1-2H3,(H,21,22). The maximum Gasteiger partial charge on any atom is 0.193 e. The average Bonchev–Trinajstić information content (AvgIpc) is 3.15. The van der Waals surface area contributed by atoms with Crippen molar-refractivity contribution in [2.45, 2.75) is 18.9 Å². The summed E-state index contributed by atoms with van der Waals surface area (Å²) in [7, 11) is 3.62. The van der Waals surface area contributed by atoms with Gasteiger partial charge < -0.3 is 25.0 Å². The Bertz CT molecular complexity index is 616. The van der Waals surface area contributed by atoms with Crippen LogP contribution in [0.4, 0.5) is 5.69 Å². The number of phenolic OH excluding ortho intramolecular Hbond substituents is 1. The van der Waals surface area contributed by atoms with Crippen LogP contribution in [0.1, 0.15) is 12.8 Å². The highest BCUT2D eigenvalue weighted by molar-refractivity contribution is 5.80. The lowest BCUT2D eigenvalue weighted by Gasteiger charge is -2.38. The predicted molar refractivity (Wildman–Crippen MR) is 110 cm³/mol. The van der Waals surface area contributed by atoms with Crippen molar-refractivity contribution < 1.29 is 9.84 Å². The zero-order valence-electron chi connectivity index (χ0n) is 16.6. The number of guanidine groups is 1. The van der Waals surface area contributed by atoms with Gasteiger partial charge in [-0.05, 0) is 31.5 Å². The Hall–Kier alpha value is -1.99. The molecule has 1 aromatic carbocycles. The number of phenols is 1. The number of nitrogens with one attached hydrogen (secondary N) is 1. The number of aliphatic imine (C=N–C) groups is 1. The maximum atomic E-state index is 10.1. The molecule has 1 unspecified atom stereocenters. The van der Waals surface area contributed by atoms with Crippen molar-refractivity contribution in [2.75, 3.05) is 71.5 Å². The molecule has 1 aromatic rings. The number of anilines is 1. The molecule has 2 aliphatic heterocycles. The number of methoxy groups -OCH3 is 1. The predicted octanol–water partition coefficient (Wildman–Crippen LogP) is 1.20. The Morgan fingerprint density at radius 3 is 2.70 bits per heavy atom. The van der Waals surface area contributed by atoms with Crippen molar-refractivity contribution in [2.24, 2.45) is 4.99 Å². The largest absolute Gasteiger partial charge is 0.506 e. The monoisotopic (exact) mass is 375 g/mol. The van der Waals surface area contributed by atoms with Crippen molar-refractivity contribution in [1.82, 2.24) is 15.1 Å². The van der Waals surface area contributed by atoms with Crippen LogP contribution in [0.15, 0.2) is 29.3 Å². The molecule has 2 aliphatic rings. The second-order valence-electron chi connectivity index (χ2n) is 7.22. The molecular weight excluding hydrogens is 342 g/mol. The molecule has 0 saturated carbocycles. The Morgan fingerprint density at radius 1 is 1.22 bits per heavy atom. The number of benzene rings is 1. The SMILES string of the molecule is CN=C(NCC1CCCN1CCOC)N1CCN(c2ccccc2O)CC1. The summed E-state index contributed by atoms with van der Waals surface area (Å²) in [6, 6.07) is 8.12. The first-order valence-corrected chi connectivity index (χ1v) is 9.94. The molecular formula is C20H33N5O2. The zero-order chi connectivity index (χ0) is 19.1. The Morgan fingerprint density at radius 2 is 2.00 bits per heavy atom. The number of ether oxygens (including phenoxy) is 1. The van der Waals surface area contributed by atoms with Gasteiger partial charge in [0, 0.05) is 59.5 Å². The molecule has 0 bridgehead atoms. The highest BCUT2D eigenvalue weighted by Gasteiger charge is 2.26. The molecule has 3 rings (SSSR count). The van der Waals surface area contributed by atoms with Gasteiger partial charge in [-0.2, -0.15) is 0 Å². The van der Waals surface area contributed by atoms with E-state index < -0.39 is 0 Å². The van der Waals surface area contributed by atoms with Crippen LogP contribution in [0.5, 0.6) is 5.75 Å². The van der Waals surface area contributed by atoms with Crippen LogP contribution in [-0.2, 0) is 4.74 Å². The molecule has 0 amide bonds. The van der Waals surface area contributed by atoms with Crippen LogP contribution < -0.4 is 10.2 Å². The first-order chi connectivity index (χ1) is 13.2. The van der Waals surface area contributed by atoms with Crippen LogP contribution >= 0.6 is 0 Å². The van der Waals surface area contributed by atoms with E-state index in [0.717, 1.165) is 64.1 Å². The van der Waals surface area contributed by atoms with Gasteiger partial charge in [-0.25, -0.2) is 0 Å². The highest BCUT2D eigenvalue weighted by Crippen LogP contribution is 2.27. The fourth-order valence-corrected chi connectivity index (χ4v) is 4.06. The van der Waals surface area contributed by atoms with E-state index in [9.17, 15) is 5.11 Å². The van der Waals surface area contributed by atoms with Gasteiger partial charge in [0.2, 0.25) is 0 Å². The number of piperazine rings is 1. The summed E-state index contributed by atoms with van der Waals surface area (Å²) in [4.78, 5) is 11.6. The molecule has 0 aliphatic carbocycles. The molecule has 0 aromatic heterocycles. The number of rotatable bonds is 6. The Kier molecular flexibility index (Phi) is 7.18. The summed E-state index contributed by atoms with van der Waals surface area (Å²) in [5.74, 6) is 1.33. The highest BCUT2D eigenvalue weighted by atomic mass is 16.5. The molecule has 7 nitrogen and oxygen atoms in total. The number of para-hydroxylation sites is 2. The molecule has 1 atom stereocenters. The quantitative estimate of drug-likeness (QED) is 0.575. The molecule has 2 heterocycles. The molecule has 7 heteroatoms. The molecule has 0 radical (unpaired) electrons. The van der Waals surface area contributed by atoms with E-state index in [1.807, 2.05) is 25.2 Å². The summed E-state index contributed by atoms with van der Waals surface area (Å²) in [5.41, 5.74) is 0.917. The summed E-state index contributed by atoms with van der Waals surface area (Å²) in [6.07, 6.45) is 2.49. The Balaban J connectivity index is 1.48. The van der Waals surface area contributed by atoms with Crippen molar-refractivity contribution in [1.29, 1.82) is 0 Å². The van der Waals surface area contributed by atoms with Crippen LogP contribution in [0, 0.1) is 0 Å². The average molecular weight is 376 g/mol. The third-order valence-electron chi connectivity index (χ3n) is 5.59. The van der Waals surface area contributed by atoms with E-state index in [1.165, 1.54) is 12.8 Å². The smallest absolute Gasteiger partial charge is 0.193 e. The van der Waals surface area contributed by atoms with Crippen LogP contribution in [0.3, 0.4) is 0 Å². The molecule has 150 valence electrons. The van der Waals surface area contributed by atoms with Gasteiger partial charge in [0.05, 0.1) is 12.3 Å². The van der Waals surface area contributed by atoms with Gasteiger partial charge in [0.1, 0.15) is 5.75 Å². The first-order valence-electron chi connectivity index (χ1n) is 9.94. The van der Waals surface area contributed by atoms with Crippen LogP contribution in [0.25, 0.3) is 0 Å². The molecule has 2 fully saturated rings. The van der Waals surface area contributed by atoms with Crippen LogP contribution in [0.2, 0.25) is 0 Å². The van der Waals surface area contributed by atoms with Gasteiger partial charge in [0.15, 0.2) is 5.96 Å². The first kappa shape index (κ1) is 19.8. The summed E-state index contributed by atoms with van der Waals surface area (Å²) >= 11 is 0. The van der Waals surface area contributed by atoms with E-state index in [4.69, 9.17) is 4.74 Å². The second kappa shape index (κ2) is 9.80. The topological polar surface area (TPSA) is 63.6 Å². The lowest BCUT2D eigenvalue weighted by molar-refractivity contribution is 0.141. The number of aromatic hydroxyl groups is 1. The second-order valence-corrected chi connectivity index (χ2v) is 7.22. The summed E-state index contributed by atoms with van der Waals surface area (Å²) < 4.78 is 5.23. The summed E-state index contributed by atoms with van der Waals surface area (Å²) in [5, 5.41) is 13.7. The van der Waals surface area contributed by atoms with Crippen molar-refractivity contribution >= 4 is 11.6 Å². The van der Waals surface area contributed by atoms with Crippen molar-refractivity contribution in [3.05, 3.63) is 24.3 Å². The number of hydrogen-bond acceptors (Lipinski definition) is 5. The van der Waals surface area contributed by atoms with E-state index in [-0.39, 0.29) is 0 Å². The maximum absolute atomic E-state index is 10.1. The third kappa shape index (κ3) is 5.05. The number of likely N-dealkylation sites (tertiary alicyclic amines) is 1. The Labute approximate surface area is 162 Å². The van der Waals surface area contributed by atoms with E-state index in [0.29, 0.717) is 11.8 Å². The number of nitrogens with zero attached hydrogens (tertiary/aromatic N) is 4. The fourth-order valence-electron chi connectivity index (χ4n) is 4.06. The van der Waals surface area contributed by atoms with Crippen molar-refractivity contribution in [3.63, 3.8) is 0 Å². The fraction of sp³-hybridized carbons (Fsp3) is 0.650. The van der Waals surface area contributed by atoms with E-state index in [1.54, 1.807) is 13.2 Å². The van der Waals surface area contributed by atoms with Crippen LogP contribution in [-0.4, -0.2) is 93.5 Å². The molecule has 2 N–H and O–H groups in total. The normalized spacial score (nSPS) is 21.7. The molecule has 27 heavy (non-hydrogen) atoms. The lowest BCUT2D eigenvalue weighted by atomic mass is 10.2. The molecule has 2 saturated heterocycles.